The van der Waals surface area contributed by atoms with Crippen molar-refractivity contribution in [1.82, 2.24) is 15.0 Å². The van der Waals surface area contributed by atoms with Gasteiger partial charge in [0.15, 0.2) is 5.82 Å². The van der Waals surface area contributed by atoms with Gasteiger partial charge >= 0.3 is 5.97 Å². The highest BCUT2D eigenvalue weighted by atomic mass is 16.5. The van der Waals surface area contributed by atoms with Crippen molar-refractivity contribution in [2.24, 2.45) is 5.92 Å². The molecule has 0 spiro atoms. The van der Waals surface area contributed by atoms with Crippen LogP contribution >= 0.6 is 0 Å². The van der Waals surface area contributed by atoms with Crippen molar-refractivity contribution in [3.05, 3.63) is 11.7 Å². The normalized spacial score (nSPS) is 19.5. The van der Waals surface area contributed by atoms with Gasteiger partial charge in [-0.2, -0.15) is 4.98 Å². The quantitative estimate of drug-likeness (QED) is 0.721. The van der Waals surface area contributed by atoms with Crippen LogP contribution in [0.1, 0.15) is 64.1 Å². The van der Waals surface area contributed by atoms with Gasteiger partial charge in [-0.05, 0) is 38.6 Å². The van der Waals surface area contributed by atoms with Gasteiger partial charge < -0.3 is 9.26 Å². The monoisotopic (exact) mass is 309 g/mol. The summed E-state index contributed by atoms with van der Waals surface area (Å²) in [5, 5.41) is 4.05. The van der Waals surface area contributed by atoms with E-state index in [-0.39, 0.29) is 11.9 Å². The Hall–Kier alpha value is -1.43. The summed E-state index contributed by atoms with van der Waals surface area (Å²) >= 11 is 0. The molecule has 0 aliphatic carbocycles. The van der Waals surface area contributed by atoms with E-state index in [1.165, 1.54) is 6.42 Å². The van der Waals surface area contributed by atoms with E-state index in [9.17, 15) is 4.79 Å². The van der Waals surface area contributed by atoms with Gasteiger partial charge in [-0.3, -0.25) is 9.69 Å². The zero-order chi connectivity index (χ0) is 15.9. The summed E-state index contributed by atoms with van der Waals surface area (Å²) in [7, 11) is 0. The number of hydrogen-bond acceptors (Lipinski definition) is 6. The first-order valence-corrected chi connectivity index (χ1v) is 8.29. The molecule has 1 aliphatic heterocycles. The summed E-state index contributed by atoms with van der Waals surface area (Å²) in [6.07, 6.45) is 3.76. The number of aromatic nitrogens is 2. The molecule has 1 fully saturated rings. The Labute approximate surface area is 132 Å². The van der Waals surface area contributed by atoms with Crippen LogP contribution in [0.25, 0.3) is 0 Å². The minimum Gasteiger partial charge on any atom is -0.466 e. The Balaban J connectivity index is 1.78. The molecule has 0 bridgehead atoms. The van der Waals surface area contributed by atoms with Crippen molar-refractivity contribution in [3.63, 3.8) is 0 Å². The third kappa shape index (κ3) is 5.09. The van der Waals surface area contributed by atoms with Crippen molar-refractivity contribution in [3.8, 4) is 0 Å². The summed E-state index contributed by atoms with van der Waals surface area (Å²) in [4.78, 5) is 18.2. The summed E-state index contributed by atoms with van der Waals surface area (Å²) in [5.74, 6) is 2.19. The number of piperidine rings is 1. The molecule has 2 rings (SSSR count). The van der Waals surface area contributed by atoms with E-state index in [1.807, 2.05) is 20.8 Å². The molecular formula is C16H27N3O3. The second-order valence-corrected chi connectivity index (χ2v) is 6.29. The number of carbonyl (C=O) groups excluding carboxylic acids is 1. The molecule has 2 heterocycles. The third-order valence-corrected chi connectivity index (χ3v) is 4.01. The lowest BCUT2D eigenvalue weighted by molar-refractivity contribution is -0.143. The van der Waals surface area contributed by atoms with Gasteiger partial charge in [-0.15, -0.1) is 0 Å². The molecule has 124 valence electrons. The number of nitrogens with zero attached hydrogens (tertiary/aromatic N) is 3. The van der Waals surface area contributed by atoms with Gasteiger partial charge in [0.2, 0.25) is 5.89 Å². The van der Waals surface area contributed by atoms with Crippen LogP contribution in [0.4, 0.5) is 0 Å². The van der Waals surface area contributed by atoms with E-state index in [0.29, 0.717) is 24.8 Å². The Kier molecular flexibility index (Phi) is 6.36. The lowest BCUT2D eigenvalue weighted by Gasteiger charge is -2.31. The maximum atomic E-state index is 11.5. The summed E-state index contributed by atoms with van der Waals surface area (Å²) < 4.78 is 10.2. The highest BCUT2D eigenvalue weighted by Crippen LogP contribution is 2.22. The minimum atomic E-state index is -0.0839. The predicted octanol–water partition coefficient (Wildman–Crippen LogP) is 2.75. The molecule has 1 aromatic heterocycles. The first-order valence-electron chi connectivity index (χ1n) is 8.29. The van der Waals surface area contributed by atoms with Crippen LogP contribution in [0, 0.1) is 5.92 Å². The van der Waals surface area contributed by atoms with Gasteiger partial charge in [-0.25, -0.2) is 0 Å². The number of rotatable bonds is 7. The van der Waals surface area contributed by atoms with Crippen molar-refractivity contribution < 1.29 is 14.1 Å². The van der Waals surface area contributed by atoms with Gasteiger partial charge in [0.25, 0.3) is 0 Å². The van der Waals surface area contributed by atoms with Crippen molar-refractivity contribution in [2.45, 2.75) is 58.9 Å². The van der Waals surface area contributed by atoms with Crippen LogP contribution in [0.15, 0.2) is 4.52 Å². The smallest absolute Gasteiger partial charge is 0.305 e. The summed E-state index contributed by atoms with van der Waals surface area (Å²) in [6.45, 7) is 9.17. The highest BCUT2D eigenvalue weighted by Gasteiger charge is 2.22. The SMILES string of the molecule is CCOC(=O)CCC1CCCN(Cc2noc(C(C)C)n2)C1. The second-order valence-electron chi connectivity index (χ2n) is 6.29. The molecule has 0 aromatic carbocycles. The van der Waals surface area contributed by atoms with Gasteiger partial charge in [0.1, 0.15) is 0 Å². The maximum absolute atomic E-state index is 11.5. The fraction of sp³-hybridized carbons (Fsp3) is 0.812. The lowest BCUT2D eigenvalue weighted by atomic mass is 9.93. The van der Waals surface area contributed by atoms with E-state index in [4.69, 9.17) is 9.26 Å². The Morgan fingerprint density at radius 3 is 3.00 bits per heavy atom. The first kappa shape index (κ1) is 16.9. The molecule has 1 unspecified atom stereocenters. The molecule has 0 N–H and O–H groups in total. The Morgan fingerprint density at radius 2 is 2.32 bits per heavy atom. The minimum absolute atomic E-state index is 0.0839. The number of esters is 1. The van der Waals surface area contributed by atoms with E-state index in [0.717, 1.165) is 38.3 Å². The van der Waals surface area contributed by atoms with Crippen LogP contribution in [0.3, 0.4) is 0 Å². The molecule has 1 aliphatic rings. The van der Waals surface area contributed by atoms with Crippen LogP contribution < -0.4 is 0 Å². The molecule has 22 heavy (non-hydrogen) atoms. The maximum Gasteiger partial charge on any atom is 0.305 e. The summed E-state index contributed by atoms with van der Waals surface area (Å²) in [5.41, 5.74) is 0. The number of likely N-dealkylation sites (tertiary alicyclic amines) is 1. The number of hydrogen-bond donors (Lipinski definition) is 0. The second kappa shape index (κ2) is 8.27. The number of ether oxygens (including phenoxy) is 1. The van der Waals surface area contributed by atoms with Crippen LogP contribution in [0.2, 0.25) is 0 Å². The molecule has 1 saturated heterocycles. The summed E-state index contributed by atoms with van der Waals surface area (Å²) in [6, 6.07) is 0. The molecule has 1 atom stereocenters. The van der Waals surface area contributed by atoms with Crippen LogP contribution in [-0.4, -0.2) is 40.7 Å². The zero-order valence-electron chi connectivity index (χ0n) is 13.9. The molecule has 0 radical (unpaired) electrons. The van der Waals surface area contributed by atoms with Crippen molar-refractivity contribution >= 4 is 5.97 Å². The predicted molar refractivity (Wildman–Crippen MR) is 82.3 cm³/mol. The van der Waals surface area contributed by atoms with Crippen LogP contribution in [-0.2, 0) is 16.1 Å². The molecular weight excluding hydrogens is 282 g/mol. The van der Waals surface area contributed by atoms with Gasteiger partial charge in [0.05, 0.1) is 13.2 Å². The molecule has 6 heteroatoms. The van der Waals surface area contributed by atoms with Crippen molar-refractivity contribution in [1.29, 1.82) is 0 Å². The largest absolute Gasteiger partial charge is 0.466 e. The molecule has 0 saturated carbocycles. The molecule has 6 nitrogen and oxygen atoms in total. The lowest BCUT2D eigenvalue weighted by Crippen LogP contribution is -2.35. The fourth-order valence-corrected chi connectivity index (χ4v) is 2.85. The standard InChI is InChI=1S/C16H27N3O3/c1-4-21-15(20)8-7-13-6-5-9-19(10-13)11-14-17-16(12(2)3)22-18-14/h12-13H,4-11H2,1-3H3. The number of carbonyl (C=O) groups is 1. The zero-order valence-corrected chi connectivity index (χ0v) is 13.9. The van der Waals surface area contributed by atoms with E-state index in [2.05, 4.69) is 15.0 Å². The Bertz CT molecular complexity index is 473. The topological polar surface area (TPSA) is 68.5 Å². The van der Waals surface area contributed by atoms with E-state index in [1.54, 1.807) is 0 Å². The fourth-order valence-electron chi connectivity index (χ4n) is 2.85. The van der Waals surface area contributed by atoms with E-state index >= 15 is 0 Å². The molecule has 1 aromatic rings. The Morgan fingerprint density at radius 1 is 1.50 bits per heavy atom. The van der Waals surface area contributed by atoms with E-state index < -0.39 is 0 Å². The van der Waals surface area contributed by atoms with Crippen molar-refractivity contribution in [2.75, 3.05) is 19.7 Å². The average molecular weight is 309 g/mol. The average Bonchev–Trinajstić information content (AvgIpc) is 2.95. The van der Waals surface area contributed by atoms with Gasteiger partial charge in [-0.1, -0.05) is 19.0 Å². The first-order chi connectivity index (χ1) is 10.6. The van der Waals surface area contributed by atoms with Crippen LogP contribution in [0.5, 0.6) is 0 Å². The third-order valence-electron chi connectivity index (χ3n) is 4.01. The van der Waals surface area contributed by atoms with Gasteiger partial charge in [0, 0.05) is 18.9 Å². The highest BCUT2D eigenvalue weighted by molar-refractivity contribution is 5.69. The molecule has 0 amide bonds.